The Hall–Kier alpha value is -2.43. The zero-order valence-electron chi connectivity index (χ0n) is 14.5. The second kappa shape index (κ2) is 8.10. The topological polar surface area (TPSA) is 42.4 Å². The highest BCUT2D eigenvalue weighted by molar-refractivity contribution is 5.94. The third-order valence-corrected chi connectivity index (χ3v) is 4.58. The van der Waals surface area contributed by atoms with E-state index in [4.69, 9.17) is 4.74 Å². The summed E-state index contributed by atoms with van der Waals surface area (Å²) in [6.07, 6.45) is 4.63. The van der Waals surface area contributed by atoms with Gasteiger partial charge in [0.1, 0.15) is 5.82 Å². The van der Waals surface area contributed by atoms with Crippen LogP contribution in [0.5, 0.6) is 5.88 Å². The first-order valence-corrected chi connectivity index (χ1v) is 8.81. The summed E-state index contributed by atoms with van der Waals surface area (Å²) in [4.78, 5) is 18.9. The van der Waals surface area contributed by atoms with E-state index < -0.39 is 0 Å². The van der Waals surface area contributed by atoms with Gasteiger partial charge in [0, 0.05) is 31.3 Å². The van der Waals surface area contributed by atoms with E-state index in [2.05, 4.69) is 4.98 Å². The molecule has 2 aromatic rings. The molecule has 1 fully saturated rings. The molecular formula is C20H23FN2O2. The van der Waals surface area contributed by atoms with Crippen molar-refractivity contribution in [2.75, 3.05) is 19.7 Å². The molecule has 1 aliphatic heterocycles. The molecule has 0 aliphatic carbocycles. The number of carbonyl (C=O) groups is 1. The van der Waals surface area contributed by atoms with Crippen LogP contribution >= 0.6 is 0 Å². The lowest BCUT2D eigenvalue weighted by molar-refractivity contribution is 0.0754. The average molecular weight is 342 g/mol. The van der Waals surface area contributed by atoms with Gasteiger partial charge < -0.3 is 9.64 Å². The minimum atomic E-state index is -0.231. The van der Waals surface area contributed by atoms with Crippen LogP contribution in [0, 0.1) is 5.82 Å². The molecule has 3 rings (SSSR count). The molecule has 132 valence electrons. The number of benzene rings is 1. The summed E-state index contributed by atoms with van der Waals surface area (Å²) in [5.74, 6) is 0.525. The van der Waals surface area contributed by atoms with Crippen LogP contribution in [0.15, 0.2) is 42.6 Å². The van der Waals surface area contributed by atoms with Crippen molar-refractivity contribution in [1.29, 1.82) is 0 Å². The van der Waals surface area contributed by atoms with Crippen LogP contribution in [0.1, 0.15) is 48.0 Å². The Balaban J connectivity index is 1.73. The van der Waals surface area contributed by atoms with Gasteiger partial charge >= 0.3 is 0 Å². The zero-order valence-corrected chi connectivity index (χ0v) is 14.5. The van der Waals surface area contributed by atoms with E-state index in [1.54, 1.807) is 18.3 Å². The molecule has 25 heavy (non-hydrogen) atoms. The fraction of sp³-hybridized carbons (Fsp3) is 0.400. The number of amides is 1. The minimum absolute atomic E-state index is 0.00967. The highest BCUT2D eigenvalue weighted by Crippen LogP contribution is 2.27. The Labute approximate surface area is 147 Å². The van der Waals surface area contributed by atoms with E-state index in [0.717, 1.165) is 31.4 Å². The van der Waals surface area contributed by atoms with Crippen LogP contribution in [0.25, 0.3) is 0 Å². The van der Waals surface area contributed by atoms with Crippen molar-refractivity contribution in [1.82, 2.24) is 9.88 Å². The minimum Gasteiger partial charge on any atom is -0.478 e. The van der Waals surface area contributed by atoms with Gasteiger partial charge in [-0.25, -0.2) is 9.37 Å². The van der Waals surface area contributed by atoms with E-state index in [0.29, 0.717) is 24.6 Å². The van der Waals surface area contributed by atoms with E-state index >= 15 is 0 Å². The van der Waals surface area contributed by atoms with E-state index in [1.807, 2.05) is 24.0 Å². The molecule has 5 heteroatoms. The van der Waals surface area contributed by atoms with Crippen LogP contribution in [0.4, 0.5) is 4.39 Å². The van der Waals surface area contributed by atoms with Crippen molar-refractivity contribution < 1.29 is 13.9 Å². The molecule has 2 heterocycles. The molecule has 1 unspecified atom stereocenters. The van der Waals surface area contributed by atoms with Gasteiger partial charge in [0.05, 0.1) is 12.2 Å². The second-order valence-corrected chi connectivity index (χ2v) is 6.31. The van der Waals surface area contributed by atoms with Gasteiger partial charge in [0.2, 0.25) is 5.88 Å². The lowest BCUT2D eigenvalue weighted by atomic mass is 9.94. The van der Waals surface area contributed by atoms with Crippen molar-refractivity contribution in [3.05, 3.63) is 59.5 Å². The van der Waals surface area contributed by atoms with Crippen LogP contribution < -0.4 is 4.74 Å². The van der Waals surface area contributed by atoms with Gasteiger partial charge in [-0.05, 0) is 43.5 Å². The molecule has 1 aliphatic rings. The number of hydrogen-bond acceptors (Lipinski definition) is 3. The van der Waals surface area contributed by atoms with Crippen molar-refractivity contribution in [2.45, 2.75) is 32.1 Å². The monoisotopic (exact) mass is 342 g/mol. The van der Waals surface area contributed by atoms with Gasteiger partial charge in [-0.15, -0.1) is 0 Å². The molecule has 1 aromatic heterocycles. The standard InChI is InChI=1S/C20H23FN2O2/c1-2-25-19-11-8-16(13-22-19)20(24)23-12-4-3-5-17(14-23)15-6-9-18(21)10-7-15/h6-11,13,17H,2-5,12,14H2,1H3. The molecule has 1 atom stereocenters. The van der Waals surface area contributed by atoms with E-state index in [-0.39, 0.29) is 17.6 Å². The highest BCUT2D eigenvalue weighted by atomic mass is 19.1. The molecule has 1 saturated heterocycles. The average Bonchev–Trinajstić information content (AvgIpc) is 2.89. The van der Waals surface area contributed by atoms with Crippen LogP contribution in [-0.4, -0.2) is 35.5 Å². The van der Waals surface area contributed by atoms with Gasteiger partial charge in [-0.1, -0.05) is 18.6 Å². The third-order valence-electron chi connectivity index (χ3n) is 4.58. The first-order chi connectivity index (χ1) is 12.2. The molecule has 0 saturated carbocycles. The predicted molar refractivity (Wildman–Crippen MR) is 94.3 cm³/mol. The maximum atomic E-state index is 13.2. The van der Waals surface area contributed by atoms with Crippen molar-refractivity contribution in [2.24, 2.45) is 0 Å². The second-order valence-electron chi connectivity index (χ2n) is 6.31. The Morgan fingerprint density at radius 1 is 1.24 bits per heavy atom. The quantitative estimate of drug-likeness (QED) is 0.842. The van der Waals surface area contributed by atoms with Gasteiger partial charge in [0.25, 0.3) is 5.91 Å². The van der Waals surface area contributed by atoms with Gasteiger partial charge in [0.15, 0.2) is 0 Å². The lowest BCUT2D eigenvalue weighted by Gasteiger charge is -2.25. The van der Waals surface area contributed by atoms with Gasteiger partial charge in [-0.3, -0.25) is 4.79 Å². The van der Waals surface area contributed by atoms with Crippen molar-refractivity contribution >= 4 is 5.91 Å². The van der Waals surface area contributed by atoms with Crippen LogP contribution in [-0.2, 0) is 0 Å². The third kappa shape index (κ3) is 4.35. The molecule has 1 aromatic carbocycles. The smallest absolute Gasteiger partial charge is 0.255 e. The predicted octanol–water partition coefficient (Wildman–Crippen LogP) is 4.03. The number of likely N-dealkylation sites (tertiary alicyclic amines) is 1. The van der Waals surface area contributed by atoms with E-state index in [1.165, 1.54) is 12.1 Å². The Morgan fingerprint density at radius 2 is 2.04 bits per heavy atom. The number of nitrogens with zero attached hydrogens (tertiary/aromatic N) is 2. The van der Waals surface area contributed by atoms with Crippen molar-refractivity contribution in [3.63, 3.8) is 0 Å². The largest absolute Gasteiger partial charge is 0.478 e. The number of aromatic nitrogens is 1. The SMILES string of the molecule is CCOc1ccc(C(=O)N2CCCCC(c3ccc(F)cc3)C2)cn1. The Kier molecular flexibility index (Phi) is 5.64. The van der Waals surface area contributed by atoms with Crippen LogP contribution in [0.3, 0.4) is 0 Å². The normalized spacial score (nSPS) is 17.8. The number of halogens is 1. The van der Waals surface area contributed by atoms with Crippen molar-refractivity contribution in [3.8, 4) is 5.88 Å². The Bertz CT molecular complexity index is 701. The summed E-state index contributed by atoms with van der Waals surface area (Å²) >= 11 is 0. The summed E-state index contributed by atoms with van der Waals surface area (Å²) in [6.45, 7) is 3.83. The van der Waals surface area contributed by atoms with Gasteiger partial charge in [-0.2, -0.15) is 0 Å². The first kappa shape index (κ1) is 17.4. The summed E-state index contributed by atoms with van der Waals surface area (Å²) < 4.78 is 18.5. The molecule has 0 spiro atoms. The fourth-order valence-corrected chi connectivity index (χ4v) is 3.26. The first-order valence-electron chi connectivity index (χ1n) is 8.81. The van der Waals surface area contributed by atoms with E-state index in [9.17, 15) is 9.18 Å². The number of carbonyl (C=O) groups excluding carboxylic acids is 1. The number of rotatable bonds is 4. The maximum absolute atomic E-state index is 13.2. The molecular weight excluding hydrogens is 319 g/mol. The number of ether oxygens (including phenoxy) is 1. The summed E-state index contributed by atoms with van der Waals surface area (Å²) in [5, 5.41) is 0. The fourth-order valence-electron chi connectivity index (χ4n) is 3.26. The lowest BCUT2D eigenvalue weighted by Crippen LogP contribution is -2.34. The summed E-state index contributed by atoms with van der Waals surface area (Å²) in [6, 6.07) is 10.1. The maximum Gasteiger partial charge on any atom is 0.255 e. The molecule has 0 N–H and O–H groups in total. The summed E-state index contributed by atoms with van der Waals surface area (Å²) in [5.41, 5.74) is 1.66. The number of hydrogen-bond donors (Lipinski definition) is 0. The zero-order chi connectivity index (χ0) is 17.6. The molecule has 0 bridgehead atoms. The summed E-state index contributed by atoms with van der Waals surface area (Å²) in [7, 11) is 0. The van der Waals surface area contributed by atoms with Crippen LogP contribution in [0.2, 0.25) is 0 Å². The number of pyridine rings is 1. The Morgan fingerprint density at radius 3 is 2.72 bits per heavy atom. The molecule has 0 radical (unpaired) electrons. The molecule has 4 nitrogen and oxygen atoms in total. The highest BCUT2D eigenvalue weighted by Gasteiger charge is 2.24. The molecule has 1 amide bonds.